The van der Waals surface area contributed by atoms with Gasteiger partial charge >= 0.3 is 0 Å². The third-order valence-corrected chi connectivity index (χ3v) is 3.90. The molecular weight excluding hydrogens is 242 g/mol. The van der Waals surface area contributed by atoms with Crippen LogP contribution in [0, 0.1) is 5.92 Å². The third-order valence-electron chi connectivity index (χ3n) is 3.90. The van der Waals surface area contributed by atoms with E-state index in [4.69, 9.17) is 9.47 Å². The molecule has 0 radical (unpaired) electrons. The second kappa shape index (κ2) is 6.28. The van der Waals surface area contributed by atoms with Crippen LogP contribution in [-0.4, -0.2) is 44.3 Å². The van der Waals surface area contributed by atoms with E-state index < -0.39 is 5.79 Å². The van der Waals surface area contributed by atoms with E-state index in [2.05, 4.69) is 17.0 Å². The van der Waals surface area contributed by atoms with E-state index >= 15 is 0 Å². The van der Waals surface area contributed by atoms with Crippen LogP contribution in [0.4, 0.5) is 0 Å². The number of piperidine rings is 1. The molecule has 1 aliphatic heterocycles. The smallest absolute Gasteiger partial charge is 0.179 e. The third kappa shape index (κ3) is 3.03. The molecule has 1 heterocycles. The molecule has 0 saturated carbocycles. The van der Waals surface area contributed by atoms with Crippen LogP contribution >= 0.6 is 0 Å². The number of ether oxygens (including phenoxy) is 2. The van der Waals surface area contributed by atoms with Crippen LogP contribution in [0.15, 0.2) is 30.3 Å². The molecule has 19 heavy (non-hydrogen) atoms. The van der Waals surface area contributed by atoms with Crippen molar-refractivity contribution >= 4 is 6.29 Å². The first-order valence-corrected chi connectivity index (χ1v) is 6.56. The van der Waals surface area contributed by atoms with Crippen molar-refractivity contribution in [3.8, 4) is 0 Å². The summed E-state index contributed by atoms with van der Waals surface area (Å²) in [5.74, 6) is -1.01. The van der Waals surface area contributed by atoms with Crippen LogP contribution in [0.1, 0.15) is 12.0 Å². The molecule has 2 rings (SSSR count). The number of nitrogens with zero attached hydrogens (tertiary/aromatic N) is 1. The van der Waals surface area contributed by atoms with Gasteiger partial charge in [-0.05, 0) is 5.56 Å². The number of hydrogen-bond acceptors (Lipinski definition) is 4. The Bertz CT molecular complexity index is 403. The fraction of sp³-hybridized carbons (Fsp3) is 0.533. The van der Waals surface area contributed by atoms with Crippen molar-refractivity contribution in [2.75, 3.05) is 27.3 Å². The Morgan fingerprint density at radius 1 is 1.32 bits per heavy atom. The van der Waals surface area contributed by atoms with Crippen molar-refractivity contribution < 1.29 is 14.3 Å². The lowest BCUT2D eigenvalue weighted by Gasteiger charge is -2.43. The average molecular weight is 263 g/mol. The van der Waals surface area contributed by atoms with Gasteiger partial charge in [0.1, 0.15) is 6.29 Å². The van der Waals surface area contributed by atoms with Gasteiger partial charge < -0.3 is 14.3 Å². The summed E-state index contributed by atoms with van der Waals surface area (Å²) in [5, 5.41) is 0. The maximum absolute atomic E-state index is 11.3. The van der Waals surface area contributed by atoms with Crippen LogP contribution in [0.5, 0.6) is 0 Å². The molecule has 1 aromatic carbocycles. The summed E-state index contributed by atoms with van der Waals surface area (Å²) in [6.45, 7) is 2.38. The lowest BCUT2D eigenvalue weighted by atomic mass is 9.91. The van der Waals surface area contributed by atoms with Gasteiger partial charge in [-0.2, -0.15) is 0 Å². The van der Waals surface area contributed by atoms with Gasteiger partial charge in [0, 0.05) is 40.3 Å². The second-order valence-corrected chi connectivity index (χ2v) is 4.93. The van der Waals surface area contributed by atoms with E-state index in [9.17, 15) is 4.79 Å². The molecule has 1 aliphatic rings. The topological polar surface area (TPSA) is 38.8 Å². The lowest BCUT2D eigenvalue weighted by molar-refractivity contribution is -0.253. The zero-order valence-electron chi connectivity index (χ0n) is 11.5. The quantitative estimate of drug-likeness (QED) is 0.598. The fourth-order valence-corrected chi connectivity index (χ4v) is 2.73. The predicted octanol–water partition coefficient (Wildman–Crippen LogP) is 1.70. The number of methoxy groups -OCH3 is 2. The van der Waals surface area contributed by atoms with Gasteiger partial charge in [0.25, 0.3) is 0 Å². The highest BCUT2D eigenvalue weighted by molar-refractivity contribution is 5.56. The van der Waals surface area contributed by atoms with E-state index in [1.807, 2.05) is 18.2 Å². The molecule has 1 fully saturated rings. The maximum atomic E-state index is 11.3. The number of aldehydes is 1. The zero-order chi connectivity index (χ0) is 13.7. The highest BCUT2D eigenvalue weighted by Gasteiger charge is 2.43. The first-order chi connectivity index (χ1) is 9.24. The minimum absolute atomic E-state index is 0.250. The summed E-state index contributed by atoms with van der Waals surface area (Å²) in [5.41, 5.74) is 1.26. The first-order valence-electron chi connectivity index (χ1n) is 6.56. The number of carbonyl (C=O) groups is 1. The van der Waals surface area contributed by atoms with E-state index in [-0.39, 0.29) is 5.92 Å². The molecule has 1 aromatic rings. The van der Waals surface area contributed by atoms with Gasteiger partial charge in [-0.15, -0.1) is 0 Å². The van der Waals surface area contributed by atoms with Crippen LogP contribution < -0.4 is 0 Å². The van der Waals surface area contributed by atoms with E-state index in [0.717, 1.165) is 19.4 Å². The summed E-state index contributed by atoms with van der Waals surface area (Å²) >= 11 is 0. The van der Waals surface area contributed by atoms with E-state index in [1.54, 1.807) is 14.2 Å². The molecular formula is C15H21NO3. The molecule has 1 atom stereocenters. The van der Waals surface area contributed by atoms with Crippen LogP contribution in [0.2, 0.25) is 0 Å². The number of rotatable bonds is 5. The molecule has 1 unspecified atom stereocenters. The van der Waals surface area contributed by atoms with Gasteiger partial charge in [0.15, 0.2) is 5.79 Å². The standard InChI is InChI=1S/C15H21NO3/c1-18-15(19-2)8-9-16(11-14(15)12-17)10-13-6-4-3-5-7-13/h3-7,12,14H,8-11H2,1-2H3. The predicted molar refractivity (Wildman–Crippen MR) is 72.6 cm³/mol. The molecule has 0 amide bonds. The molecule has 4 heteroatoms. The Labute approximate surface area is 114 Å². The molecule has 4 nitrogen and oxygen atoms in total. The summed E-state index contributed by atoms with van der Waals surface area (Å²) in [4.78, 5) is 13.6. The summed E-state index contributed by atoms with van der Waals surface area (Å²) in [7, 11) is 3.21. The molecule has 104 valence electrons. The van der Waals surface area contributed by atoms with Gasteiger partial charge in [0.2, 0.25) is 0 Å². The van der Waals surface area contributed by atoms with Gasteiger partial charge in [-0.1, -0.05) is 30.3 Å². The molecule has 1 saturated heterocycles. The normalized spacial score (nSPS) is 23.2. The molecule has 0 spiro atoms. The average Bonchev–Trinajstić information content (AvgIpc) is 2.48. The van der Waals surface area contributed by atoms with E-state index in [0.29, 0.717) is 13.0 Å². The number of likely N-dealkylation sites (tertiary alicyclic amines) is 1. The Morgan fingerprint density at radius 3 is 2.58 bits per heavy atom. The molecule has 0 N–H and O–H groups in total. The fourth-order valence-electron chi connectivity index (χ4n) is 2.73. The van der Waals surface area contributed by atoms with E-state index in [1.165, 1.54) is 5.56 Å². The van der Waals surface area contributed by atoms with Crippen molar-refractivity contribution in [3.05, 3.63) is 35.9 Å². The van der Waals surface area contributed by atoms with Crippen LogP contribution in [0.25, 0.3) is 0 Å². The molecule has 0 aliphatic carbocycles. The first kappa shape index (κ1) is 14.2. The second-order valence-electron chi connectivity index (χ2n) is 4.93. The van der Waals surface area contributed by atoms with Gasteiger partial charge in [0.05, 0.1) is 5.92 Å². The maximum Gasteiger partial charge on any atom is 0.179 e. The van der Waals surface area contributed by atoms with Gasteiger partial charge in [-0.25, -0.2) is 0 Å². The Hall–Kier alpha value is -1.23. The summed E-state index contributed by atoms with van der Waals surface area (Å²) < 4.78 is 10.9. The minimum Gasteiger partial charge on any atom is -0.352 e. The molecule has 0 bridgehead atoms. The Morgan fingerprint density at radius 2 is 2.00 bits per heavy atom. The Kier molecular flexibility index (Phi) is 4.69. The highest BCUT2D eigenvalue weighted by Crippen LogP contribution is 2.31. The van der Waals surface area contributed by atoms with Crippen molar-refractivity contribution in [1.29, 1.82) is 0 Å². The minimum atomic E-state index is -0.755. The van der Waals surface area contributed by atoms with Crippen molar-refractivity contribution in [3.63, 3.8) is 0 Å². The SMILES string of the molecule is COC1(OC)CCN(Cc2ccccc2)CC1C=O. The monoisotopic (exact) mass is 263 g/mol. The van der Waals surface area contributed by atoms with Crippen molar-refractivity contribution in [1.82, 2.24) is 4.90 Å². The largest absolute Gasteiger partial charge is 0.352 e. The van der Waals surface area contributed by atoms with Crippen LogP contribution in [-0.2, 0) is 20.8 Å². The van der Waals surface area contributed by atoms with Gasteiger partial charge in [-0.3, -0.25) is 4.90 Å². The number of carbonyl (C=O) groups excluding carboxylic acids is 1. The summed E-state index contributed by atoms with van der Waals surface area (Å²) in [6.07, 6.45) is 1.65. The van der Waals surface area contributed by atoms with Crippen molar-refractivity contribution in [2.24, 2.45) is 5.92 Å². The highest BCUT2D eigenvalue weighted by atomic mass is 16.7. The van der Waals surface area contributed by atoms with Crippen LogP contribution in [0.3, 0.4) is 0 Å². The van der Waals surface area contributed by atoms with Crippen molar-refractivity contribution in [2.45, 2.75) is 18.8 Å². The number of hydrogen-bond donors (Lipinski definition) is 0. The lowest BCUT2D eigenvalue weighted by Crippen LogP contribution is -2.54. The Balaban J connectivity index is 2.03. The zero-order valence-corrected chi connectivity index (χ0v) is 11.5. The molecule has 0 aromatic heterocycles. The summed E-state index contributed by atoms with van der Waals surface area (Å²) in [6, 6.07) is 10.3. The number of benzene rings is 1.